The second kappa shape index (κ2) is 10.2. The lowest BCUT2D eigenvalue weighted by Gasteiger charge is -2.48. The minimum Gasteiger partial charge on any atom is -0.457 e. The molecule has 2 aromatic rings. The number of esters is 1. The molecule has 2 fully saturated rings. The Hall–Kier alpha value is -2.78. The highest BCUT2D eigenvalue weighted by molar-refractivity contribution is 5.73. The van der Waals surface area contributed by atoms with Crippen molar-refractivity contribution in [1.82, 2.24) is 5.32 Å². The van der Waals surface area contributed by atoms with Crippen LogP contribution in [0, 0.1) is 0 Å². The highest BCUT2D eigenvalue weighted by Gasteiger charge is 2.52. The smallest absolute Gasteiger partial charge is 0.303 e. The Morgan fingerprint density at radius 3 is 2.34 bits per heavy atom. The lowest BCUT2D eigenvalue weighted by molar-refractivity contribution is -0.346. The summed E-state index contributed by atoms with van der Waals surface area (Å²) in [7, 11) is 0. The molecule has 2 aliphatic heterocycles. The lowest BCUT2D eigenvalue weighted by Crippen LogP contribution is -2.67. The molecule has 1 N–H and O–H groups in total. The van der Waals surface area contributed by atoms with Crippen molar-refractivity contribution in [2.45, 2.75) is 57.4 Å². The van der Waals surface area contributed by atoms with E-state index in [9.17, 15) is 9.59 Å². The van der Waals surface area contributed by atoms with Crippen LogP contribution in [-0.4, -0.2) is 49.1 Å². The zero-order valence-corrected chi connectivity index (χ0v) is 18.0. The number of carbonyl (C=O) groups excluding carboxylic acids is 2. The van der Waals surface area contributed by atoms with Crippen LogP contribution in [0.3, 0.4) is 0 Å². The standard InChI is InChI=1S/C24H27NO7/c1-15(26)25-20-22(30-16(2)27)21-19(14-29-23(32-21)18-11-7-4-8-12-18)31-24(20)28-13-17-9-5-3-6-10-17/h3-12,19-24H,13-14H2,1-2H3,(H,25,26)/t19-,20-,21-,22-,23?,24-/m1/s1. The molecule has 0 saturated carbocycles. The molecular formula is C24H27NO7. The number of nitrogens with one attached hydrogen (secondary N) is 1. The van der Waals surface area contributed by atoms with Gasteiger partial charge in [0.15, 0.2) is 18.7 Å². The van der Waals surface area contributed by atoms with E-state index < -0.39 is 42.9 Å². The molecule has 32 heavy (non-hydrogen) atoms. The summed E-state index contributed by atoms with van der Waals surface area (Å²) in [5.41, 5.74) is 1.79. The molecule has 2 heterocycles. The maximum Gasteiger partial charge on any atom is 0.303 e. The Kier molecular flexibility index (Phi) is 7.16. The molecule has 6 atom stereocenters. The van der Waals surface area contributed by atoms with Crippen LogP contribution in [0.2, 0.25) is 0 Å². The highest BCUT2D eigenvalue weighted by atomic mass is 16.8. The van der Waals surface area contributed by atoms with Crippen LogP contribution in [0.5, 0.6) is 0 Å². The van der Waals surface area contributed by atoms with Crippen molar-refractivity contribution in [3.05, 3.63) is 71.8 Å². The quantitative estimate of drug-likeness (QED) is 0.689. The third-order valence-electron chi connectivity index (χ3n) is 5.34. The van der Waals surface area contributed by atoms with Gasteiger partial charge in [0.1, 0.15) is 18.2 Å². The molecule has 2 saturated heterocycles. The van der Waals surface area contributed by atoms with Gasteiger partial charge in [0, 0.05) is 19.4 Å². The number of benzene rings is 2. The number of amides is 1. The van der Waals surface area contributed by atoms with Crippen LogP contribution in [0.4, 0.5) is 0 Å². The molecule has 0 spiro atoms. The van der Waals surface area contributed by atoms with Gasteiger partial charge in [-0.2, -0.15) is 0 Å². The third-order valence-corrected chi connectivity index (χ3v) is 5.34. The van der Waals surface area contributed by atoms with E-state index in [1.54, 1.807) is 0 Å². The van der Waals surface area contributed by atoms with E-state index in [2.05, 4.69) is 5.32 Å². The maximum absolute atomic E-state index is 12.0. The van der Waals surface area contributed by atoms with Crippen molar-refractivity contribution in [2.24, 2.45) is 0 Å². The van der Waals surface area contributed by atoms with E-state index >= 15 is 0 Å². The predicted molar refractivity (Wildman–Crippen MR) is 113 cm³/mol. The van der Waals surface area contributed by atoms with E-state index in [1.807, 2.05) is 60.7 Å². The number of carbonyl (C=O) groups is 2. The molecule has 1 unspecified atom stereocenters. The number of rotatable bonds is 6. The van der Waals surface area contributed by atoms with Crippen LogP contribution in [-0.2, 0) is 39.9 Å². The molecule has 170 valence electrons. The fourth-order valence-electron chi connectivity index (χ4n) is 3.97. The average Bonchev–Trinajstić information content (AvgIpc) is 2.80. The first kappa shape index (κ1) is 22.4. The number of fused-ring (bicyclic) bond motifs is 1. The van der Waals surface area contributed by atoms with Crippen LogP contribution in [0.25, 0.3) is 0 Å². The summed E-state index contributed by atoms with van der Waals surface area (Å²) in [6.45, 7) is 3.20. The minimum absolute atomic E-state index is 0.222. The molecule has 1 amide bonds. The summed E-state index contributed by atoms with van der Waals surface area (Å²) in [5, 5.41) is 2.82. The van der Waals surface area contributed by atoms with Gasteiger partial charge in [-0.25, -0.2) is 0 Å². The summed E-state index contributed by atoms with van der Waals surface area (Å²) in [5.74, 6) is -0.784. The molecule has 2 aromatic carbocycles. The van der Waals surface area contributed by atoms with E-state index in [0.717, 1.165) is 11.1 Å². The van der Waals surface area contributed by atoms with Crippen molar-refractivity contribution in [1.29, 1.82) is 0 Å². The summed E-state index contributed by atoms with van der Waals surface area (Å²) in [6.07, 6.45) is -3.49. The fourth-order valence-corrected chi connectivity index (χ4v) is 3.97. The number of hydrogen-bond donors (Lipinski definition) is 1. The van der Waals surface area contributed by atoms with Gasteiger partial charge in [0.05, 0.1) is 13.2 Å². The van der Waals surface area contributed by atoms with Gasteiger partial charge in [-0.3, -0.25) is 9.59 Å². The van der Waals surface area contributed by atoms with Crippen molar-refractivity contribution in [3.8, 4) is 0 Å². The molecule has 0 radical (unpaired) electrons. The maximum atomic E-state index is 12.0. The Morgan fingerprint density at radius 1 is 1.00 bits per heavy atom. The Labute approximate surface area is 186 Å². The SMILES string of the molecule is CC(=O)N[C@H]1[C@H](OCc2ccccc2)O[C@@H]2COC(c3ccccc3)O[C@H]2[C@@H]1OC(C)=O. The second-order valence-corrected chi connectivity index (χ2v) is 7.82. The van der Waals surface area contributed by atoms with Gasteiger partial charge < -0.3 is 29.0 Å². The molecule has 0 aliphatic carbocycles. The first-order valence-corrected chi connectivity index (χ1v) is 10.6. The Balaban J connectivity index is 1.57. The van der Waals surface area contributed by atoms with Crippen LogP contribution >= 0.6 is 0 Å². The number of ether oxygens (including phenoxy) is 5. The topological polar surface area (TPSA) is 92.3 Å². The van der Waals surface area contributed by atoms with Crippen molar-refractivity contribution < 1.29 is 33.3 Å². The van der Waals surface area contributed by atoms with Crippen LogP contribution < -0.4 is 5.32 Å². The van der Waals surface area contributed by atoms with Gasteiger partial charge in [-0.1, -0.05) is 60.7 Å². The first-order valence-electron chi connectivity index (χ1n) is 10.6. The predicted octanol–water partition coefficient (Wildman–Crippen LogP) is 2.48. The molecular weight excluding hydrogens is 414 g/mol. The van der Waals surface area contributed by atoms with Crippen molar-refractivity contribution >= 4 is 11.9 Å². The van der Waals surface area contributed by atoms with E-state index in [1.165, 1.54) is 13.8 Å². The molecule has 0 bridgehead atoms. The average molecular weight is 441 g/mol. The van der Waals surface area contributed by atoms with Gasteiger partial charge in [0.25, 0.3) is 0 Å². The zero-order valence-electron chi connectivity index (χ0n) is 18.0. The van der Waals surface area contributed by atoms with Crippen LogP contribution in [0.15, 0.2) is 60.7 Å². The molecule has 8 heteroatoms. The molecule has 2 aliphatic rings. The number of hydrogen-bond acceptors (Lipinski definition) is 7. The third kappa shape index (κ3) is 5.34. The second-order valence-electron chi connectivity index (χ2n) is 7.82. The fraction of sp³-hybridized carbons (Fsp3) is 0.417. The summed E-state index contributed by atoms with van der Waals surface area (Å²) >= 11 is 0. The van der Waals surface area contributed by atoms with E-state index in [4.69, 9.17) is 23.7 Å². The van der Waals surface area contributed by atoms with E-state index in [-0.39, 0.29) is 19.1 Å². The molecule has 4 rings (SSSR count). The van der Waals surface area contributed by atoms with Gasteiger partial charge in [-0.05, 0) is 5.56 Å². The first-order chi connectivity index (χ1) is 15.5. The normalized spacial score (nSPS) is 29.6. The van der Waals surface area contributed by atoms with Gasteiger partial charge in [-0.15, -0.1) is 0 Å². The molecule has 0 aromatic heterocycles. The summed E-state index contributed by atoms with van der Waals surface area (Å²) < 4.78 is 29.9. The summed E-state index contributed by atoms with van der Waals surface area (Å²) in [6, 6.07) is 18.3. The monoisotopic (exact) mass is 441 g/mol. The van der Waals surface area contributed by atoms with Gasteiger partial charge >= 0.3 is 5.97 Å². The zero-order chi connectivity index (χ0) is 22.5. The van der Waals surface area contributed by atoms with Crippen molar-refractivity contribution in [3.63, 3.8) is 0 Å². The Morgan fingerprint density at radius 2 is 1.69 bits per heavy atom. The summed E-state index contributed by atoms with van der Waals surface area (Å²) in [4.78, 5) is 23.9. The highest BCUT2D eigenvalue weighted by Crippen LogP contribution is 2.36. The van der Waals surface area contributed by atoms with Gasteiger partial charge in [0.2, 0.25) is 5.91 Å². The van der Waals surface area contributed by atoms with E-state index in [0.29, 0.717) is 0 Å². The van der Waals surface area contributed by atoms with Crippen molar-refractivity contribution in [2.75, 3.05) is 6.61 Å². The molecule has 8 nitrogen and oxygen atoms in total. The Bertz CT molecular complexity index is 907. The lowest BCUT2D eigenvalue weighted by atomic mass is 9.95. The largest absolute Gasteiger partial charge is 0.457 e. The minimum atomic E-state index is -0.856. The van der Waals surface area contributed by atoms with Crippen LogP contribution in [0.1, 0.15) is 31.3 Å².